The van der Waals surface area contributed by atoms with Gasteiger partial charge in [0.05, 0.1) is 11.8 Å². The average Bonchev–Trinajstić information content (AvgIpc) is 2.56. The molecule has 1 aromatic rings. The molecule has 0 bridgehead atoms. The lowest BCUT2D eigenvalue weighted by Crippen LogP contribution is -2.15. The Hall–Kier alpha value is -1.32. The van der Waals surface area contributed by atoms with Gasteiger partial charge in [-0.15, -0.1) is 0 Å². The molecule has 1 aromatic heterocycles. The molecule has 0 unspecified atom stereocenters. The molecule has 0 aromatic carbocycles. The molecule has 0 amide bonds. The molecular formula is C10H18N4. The summed E-state index contributed by atoms with van der Waals surface area (Å²) in [5.41, 5.74) is 7.89. The molecule has 0 radical (unpaired) electrons. The lowest BCUT2D eigenvalue weighted by Gasteiger charge is -2.01. The Morgan fingerprint density at radius 2 is 2.29 bits per heavy atom. The first-order chi connectivity index (χ1) is 6.70. The number of aryl methyl sites for hydroxylation is 1. The molecule has 1 rings (SSSR count). The molecule has 4 heteroatoms. The minimum absolute atomic E-state index is 0.601. The molecule has 0 aliphatic heterocycles. The zero-order valence-electron chi connectivity index (χ0n) is 9.12. The molecule has 0 aliphatic rings. The van der Waals surface area contributed by atoms with Crippen molar-refractivity contribution in [2.75, 3.05) is 6.54 Å². The molecule has 4 nitrogen and oxygen atoms in total. The van der Waals surface area contributed by atoms with Gasteiger partial charge in [0.15, 0.2) is 0 Å². The first-order valence-corrected chi connectivity index (χ1v) is 5.03. The van der Waals surface area contributed by atoms with E-state index in [1.54, 1.807) is 6.20 Å². The third-order valence-corrected chi connectivity index (χ3v) is 2.18. The number of hydrogen-bond donors (Lipinski definition) is 1. The van der Waals surface area contributed by atoms with Gasteiger partial charge >= 0.3 is 0 Å². The summed E-state index contributed by atoms with van der Waals surface area (Å²) in [5.74, 6) is 0.601. The van der Waals surface area contributed by atoms with Crippen molar-refractivity contribution in [3.63, 3.8) is 0 Å². The van der Waals surface area contributed by atoms with Crippen molar-refractivity contribution in [3.8, 4) is 0 Å². The normalized spacial score (nSPS) is 12.1. The summed E-state index contributed by atoms with van der Waals surface area (Å²) in [6.45, 7) is 7.80. The second-order valence-corrected chi connectivity index (χ2v) is 3.23. The van der Waals surface area contributed by atoms with Crippen molar-refractivity contribution in [2.45, 2.75) is 33.7 Å². The van der Waals surface area contributed by atoms with E-state index in [0.717, 1.165) is 30.8 Å². The number of nitrogens with two attached hydrogens (primary N) is 1. The predicted molar refractivity (Wildman–Crippen MR) is 58.5 cm³/mol. The van der Waals surface area contributed by atoms with Crippen LogP contribution in [0.2, 0.25) is 0 Å². The van der Waals surface area contributed by atoms with Gasteiger partial charge in [0.2, 0.25) is 0 Å². The van der Waals surface area contributed by atoms with E-state index in [1.807, 2.05) is 11.6 Å². The van der Waals surface area contributed by atoms with Crippen LogP contribution >= 0.6 is 0 Å². The Labute approximate surface area is 84.8 Å². The number of aromatic nitrogens is 2. The summed E-state index contributed by atoms with van der Waals surface area (Å²) in [4.78, 5) is 4.26. The maximum Gasteiger partial charge on any atom is 0.129 e. The Morgan fingerprint density at radius 3 is 2.79 bits per heavy atom. The van der Waals surface area contributed by atoms with Gasteiger partial charge in [-0.3, -0.25) is 9.67 Å². The number of rotatable bonds is 4. The van der Waals surface area contributed by atoms with Crippen LogP contribution in [0.25, 0.3) is 0 Å². The maximum absolute atomic E-state index is 5.85. The van der Waals surface area contributed by atoms with Crippen LogP contribution in [0.5, 0.6) is 0 Å². The van der Waals surface area contributed by atoms with Crippen molar-refractivity contribution < 1.29 is 0 Å². The predicted octanol–water partition coefficient (Wildman–Crippen LogP) is 1.33. The molecular weight excluding hydrogens is 176 g/mol. The molecule has 1 heterocycles. The lowest BCUT2D eigenvalue weighted by atomic mass is 10.2. The highest BCUT2D eigenvalue weighted by Crippen LogP contribution is 2.06. The quantitative estimate of drug-likeness (QED) is 0.580. The molecule has 14 heavy (non-hydrogen) atoms. The van der Waals surface area contributed by atoms with Gasteiger partial charge in [0, 0.05) is 18.8 Å². The smallest absolute Gasteiger partial charge is 0.129 e. The van der Waals surface area contributed by atoms with Crippen LogP contribution in [0.15, 0.2) is 11.2 Å². The minimum Gasteiger partial charge on any atom is -0.383 e. The van der Waals surface area contributed by atoms with E-state index < -0.39 is 0 Å². The molecule has 0 fully saturated rings. The zero-order chi connectivity index (χ0) is 10.6. The summed E-state index contributed by atoms with van der Waals surface area (Å²) in [5, 5.41) is 4.22. The largest absolute Gasteiger partial charge is 0.383 e. The molecule has 78 valence electrons. The van der Waals surface area contributed by atoms with Gasteiger partial charge in [-0.25, -0.2) is 0 Å². The molecule has 0 spiro atoms. The van der Waals surface area contributed by atoms with E-state index in [-0.39, 0.29) is 0 Å². The van der Waals surface area contributed by atoms with E-state index in [0.29, 0.717) is 5.84 Å². The second-order valence-electron chi connectivity index (χ2n) is 3.23. The SMILES string of the molecule is CCCN=C(N)c1cnn(CC)c1C. The zero-order valence-corrected chi connectivity index (χ0v) is 9.12. The van der Waals surface area contributed by atoms with Gasteiger partial charge in [-0.05, 0) is 20.3 Å². The number of nitrogens with zero attached hydrogens (tertiary/aromatic N) is 3. The van der Waals surface area contributed by atoms with Gasteiger partial charge in [-0.2, -0.15) is 5.10 Å². The van der Waals surface area contributed by atoms with Crippen LogP contribution in [-0.2, 0) is 6.54 Å². The second kappa shape index (κ2) is 4.79. The van der Waals surface area contributed by atoms with Crippen molar-refractivity contribution in [1.29, 1.82) is 0 Å². The first kappa shape index (κ1) is 10.8. The van der Waals surface area contributed by atoms with Crippen LogP contribution in [0.4, 0.5) is 0 Å². The van der Waals surface area contributed by atoms with Crippen molar-refractivity contribution in [2.24, 2.45) is 10.7 Å². The Kier molecular flexibility index (Phi) is 3.68. The molecule has 0 saturated carbocycles. The highest BCUT2D eigenvalue weighted by molar-refractivity contribution is 5.98. The first-order valence-electron chi connectivity index (χ1n) is 5.03. The highest BCUT2D eigenvalue weighted by atomic mass is 15.3. The molecule has 2 N–H and O–H groups in total. The van der Waals surface area contributed by atoms with Crippen LogP contribution < -0.4 is 5.73 Å². The van der Waals surface area contributed by atoms with Crippen LogP contribution in [0.3, 0.4) is 0 Å². The summed E-state index contributed by atoms with van der Waals surface area (Å²) in [7, 11) is 0. The summed E-state index contributed by atoms with van der Waals surface area (Å²) >= 11 is 0. The fraction of sp³-hybridized carbons (Fsp3) is 0.600. The van der Waals surface area contributed by atoms with Gasteiger partial charge in [-0.1, -0.05) is 6.92 Å². The van der Waals surface area contributed by atoms with Crippen LogP contribution in [0.1, 0.15) is 31.5 Å². The molecule has 0 atom stereocenters. The monoisotopic (exact) mass is 194 g/mol. The Morgan fingerprint density at radius 1 is 1.57 bits per heavy atom. The van der Waals surface area contributed by atoms with Crippen molar-refractivity contribution >= 4 is 5.84 Å². The highest BCUT2D eigenvalue weighted by Gasteiger charge is 2.07. The summed E-state index contributed by atoms with van der Waals surface area (Å²) < 4.78 is 1.92. The standard InChI is InChI=1S/C10H18N4/c1-4-6-12-10(11)9-7-13-14(5-2)8(9)3/h7H,4-6H2,1-3H3,(H2,11,12). The van der Waals surface area contributed by atoms with Gasteiger partial charge < -0.3 is 5.73 Å². The average molecular weight is 194 g/mol. The van der Waals surface area contributed by atoms with Crippen LogP contribution in [-0.4, -0.2) is 22.2 Å². The van der Waals surface area contributed by atoms with E-state index in [2.05, 4.69) is 23.9 Å². The van der Waals surface area contributed by atoms with Gasteiger partial charge in [0.1, 0.15) is 5.84 Å². The summed E-state index contributed by atoms with van der Waals surface area (Å²) in [6, 6.07) is 0. The van der Waals surface area contributed by atoms with E-state index >= 15 is 0 Å². The third kappa shape index (κ3) is 2.13. The third-order valence-electron chi connectivity index (χ3n) is 2.18. The molecule has 0 saturated heterocycles. The maximum atomic E-state index is 5.85. The number of hydrogen-bond acceptors (Lipinski definition) is 2. The Balaban J connectivity index is 2.90. The fourth-order valence-electron chi connectivity index (χ4n) is 1.33. The summed E-state index contributed by atoms with van der Waals surface area (Å²) in [6.07, 6.45) is 2.80. The van der Waals surface area contributed by atoms with Gasteiger partial charge in [0.25, 0.3) is 0 Å². The minimum atomic E-state index is 0.601. The number of amidine groups is 1. The van der Waals surface area contributed by atoms with Crippen molar-refractivity contribution in [1.82, 2.24) is 9.78 Å². The topological polar surface area (TPSA) is 56.2 Å². The van der Waals surface area contributed by atoms with Crippen molar-refractivity contribution in [3.05, 3.63) is 17.5 Å². The van der Waals surface area contributed by atoms with E-state index in [9.17, 15) is 0 Å². The fourth-order valence-corrected chi connectivity index (χ4v) is 1.33. The van der Waals surface area contributed by atoms with E-state index in [1.165, 1.54) is 0 Å². The lowest BCUT2D eigenvalue weighted by molar-refractivity contribution is 0.639. The molecule has 0 aliphatic carbocycles. The van der Waals surface area contributed by atoms with Crippen LogP contribution in [0, 0.1) is 6.92 Å². The van der Waals surface area contributed by atoms with E-state index in [4.69, 9.17) is 5.73 Å². The Bertz CT molecular complexity index is 325. The number of aliphatic imine (C=N–C) groups is 1.